The second kappa shape index (κ2) is 9.75. The molecule has 0 unspecified atom stereocenters. The summed E-state index contributed by atoms with van der Waals surface area (Å²) in [6, 6.07) is 20.9. The Kier molecular flexibility index (Phi) is 6.84. The van der Waals surface area contributed by atoms with Gasteiger partial charge in [-0.25, -0.2) is 0 Å². The van der Waals surface area contributed by atoms with Crippen molar-refractivity contribution in [2.75, 3.05) is 20.1 Å². The molecule has 2 N–H and O–H groups in total. The molecule has 1 aliphatic heterocycles. The van der Waals surface area contributed by atoms with Crippen molar-refractivity contribution in [3.8, 4) is 6.07 Å². The summed E-state index contributed by atoms with van der Waals surface area (Å²) in [7, 11) is 1.80. The topological polar surface area (TPSA) is 63.5 Å². The number of rotatable bonds is 5. The summed E-state index contributed by atoms with van der Waals surface area (Å²) in [5, 5.41) is 15.8. The molecule has 3 rings (SSSR count). The predicted octanol–water partition coefficient (Wildman–Crippen LogP) is 2.89. The maximum atomic E-state index is 8.87. The molecule has 5 nitrogen and oxygen atoms in total. The summed E-state index contributed by atoms with van der Waals surface area (Å²) in [5.41, 5.74) is 3.20. The monoisotopic (exact) mass is 361 g/mol. The number of nitrogens with zero attached hydrogens (tertiary/aromatic N) is 3. The van der Waals surface area contributed by atoms with E-state index in [1.165, 1.54) is 5.56 Å². The summed E-state index contributed by atoms with van der Waals surface area (Å²) >= 11 is 0. The van der Waals surface area contributed by atoms with Gasteiger partial charge in [0.25, 0.3) is 0 Å². The fraction of sp³-hybridized carbons (Fsp3) is 0.364. The van der Waals surface area contributed by atoms with E-state index < -0.39 is 0 Å². The maximum Gasteiger partial charge on any atom is 0.191 e. The molecule has 0 saturated carbocycles. The zero-order valence-corrected chi connectivity index (χ0v) is 15.9. The van der Waals surface area contributed by atoms with Crippen LogP contribution in [0.15, 0.2) is 59.6 Å². The molecule has 140 valence electrons. The molecular weight excluding hydrogens is 334 g/mol. The van der Waals surface area contributed by atoms with Crippen LogP contribution < -0.4 is 10.6 Å². The maximum absolute atomic E-state index is 8.87. The van der Waals surface area contributed by atoms with Gasteiger partial charge in [0.05, 0.1) is 11.6 Å². The highest BCUT2D eigenvalue weighted by molar-refractivity contribution is 5.79. The third-order valence-corrected chi connectivity index (χ3v) is 4.94. The largest absolute Gasteiger partial charge is 0.354 e. The van der Waals surface area contributed by atoms with E-state index >= 15 is 0 Å². The lowest BCUT2D eigenvalue weighted by Gasteiger charge is -2.33. The summed E-state index contributed by atoms with van der Waals surface area (Å²) in [4.78, 5) is 6.86. The molecule has 1 saturated heterocycles. The van der Waals surface area contributed by atoms with E-state index in [0.717, 1.165) is 44.0 Å². The standard InChI is InChI=1S/C22H27N5/c1-24-22(25-16-19-9-7-18(15-23)8-10-19)26-21-11-13-27(14-12-21)17-20-5-3-2-4-6-20/h2-10,21H,11-14,16-17H2,1H3,(H2,24,25,26). The number of hydrogen-bond acceptors (Lipinski definition) is 3. The molecule has 5 heteroatoms. The van der Waals surface area contributed by atoms with Crippen molar-refractivity contribution >= 4 is 5.96 Å². The van der Waals surface area contributed by atoms with Crippen molar-refractivity contribution in [1.82, 2.24) is 15.5 Å². The molecule has 2 aromatic carbocycles. The lowest BCUT2D eigenvalue weighted by Crippen LogP contribution is -2.48. The molecule has 0 bridgehead atoms. The van der Waals surface area contributed by atoms with Crippen LogP contribution in [0.25, 0.3) is 0 Å². The Labute approximate surface area is 161 Å². The van der Waals surface area contributed by atoms with Crippen molar-refractivity contribution in [3.05, 3.63) is 71.3 Å². The second-order valence-electron chi connectivity index (χ2n) is 6.91. The van der Waals surface area contributed by atoms with Gasteiger partial charge in [0.2, 0.25) is 0 Å². The normalized spacial score (nSPS) is 15.9. The Balaban J connectivity index is 1.42. The van der Waals surface area contributed by atoms with Crippen LogP contribution >= 0.6 is 0 Å². The first-order valence-electron chi connectivity index (χ1n) is 9.49. The molecule has 0 spiro atoms. The minimum atomic E-state index is 0.448. The van der Waals surface area contributed by atoms with E-state index in [0.29, 0.717) is 18.2 Å². The van der Waals surface area contributed by atoms with Crippen LogP contribution in [0.5, 0.6) is 0 Å². The third kappa shape index (κ3) is 5.83. The van der Waals surface area contributed by atoms with Crippen LogP contribution in [0.3, 0.4) is 0 Å². The van der Waals surface area contributed by atoms with Crippen molar-refractivity contribution in [2.45, 2.75) is 32.0 Å². The lowest BCUT2D eigenvalue weighted by atomic mass is 10.0. The summed E-state index contributed by atoms with van der Waals surface area (Å²) in [6.07, 6.45) is 2.23. The number of nitriles is 1. The number of piperidine rings is 1. The average molecular weight is 361 g/mol. The van der Waals surface area contributed by atoms with Crippen LogP contribution in [0, 0.1) is 11.3 Å². The predicted molar refractivity (Wildman–Crippen MR) is 109 cm³/mol. The van der Waals surface area contributed by atoms with Gasteiger partial charge < -0.3 is 10.6 Å². The highest BCUT2D eigenvalue weighted by Crippen LogP contribution is 2.14. The van der Waals surface area contributed by atoms with Crippen molar-refractivity contribution in [2.24, 2.45) is 4.99 Å². The zero-order chi connectivity index (χ0) is 18.9. The minimum Gasteiger partial charge on any atom is -0.354 e. The van der Waals surface area contributed by atoms with Gasteiger partial charge in [-0.2, -0.15) is 5.26 Å². The molecule has 27 heavy (non-hydrogen) atoms. The van der Waals surface area contributed by atoms with E-state index in [-0.39, 0.29) is 0 Å². The van der Waals surface area contributed by atoms with Crippen LogP contribution in [0.4, 0.5) is 0 Å². The van der Waals surface area contributed by atoms with Crippen molar-refractivity contribution < 1.29 is 0 Å². The number of benzene rings is 2. The molecule has 1 fully saturated rings. The van der Waals surface area contributed by atoms with E-state index in [4.69, 9.17) is 5.26 Å². The lowest BCUT2D eigenvalue weighted by molar-refractivity contribution is 0.198. The van der Waals surface area contributed by atoms with E-state index in [1.807, 2.05) is 24.3 Å². The number of aliphatic imine (C=N–C) groups is 1. The van der Waals surface area contributed by atoms with Gasteiger partial charge in [-0.3, -0.25) is 9.89 Å². The zero-order valence-electron chi connectivity index (χ0n) is 15.9. The molecule has 0 radical (unpaired) electrons. The average Bonchev–Trinajstić information content (AvgIpc) is 2.73. The Morgan fingerprint density at radius 2 is 1.78 bits per heavy atom. The highest BCUT2D eigenvalue weighted by atomic mass is 15.2. The summed E-state index contributed by atoms with van der Waals surface area (Å²) in [5.74, 6) is 0.834. The van der Waals surface area contributed by atoms with Gasteiger partial charge in [0.1, 0.15) is 0 Å². The summed E-state index contributed by atoms with van der Waals surface area (Å²) < 4.78 is 0. The van der Waals surface area contributed by atoms with Gasteiger partial charge in [-0.05, 0) is 36.1 Å². The van der Waals surface area contributed by atoms with Crippen LogP contribution in [0.1, 0.15) is 29.5 Å². The van der Waals surface area contributed by atoms with Crippen LogP contribution in [-0.2, 0) is 13.1 Å². The molecule has 1 heterocycles. The molecule has 0 aliphatic carbocycles. The molecule has 0 amide bonds. The highest BCUT2D eigenvalue weighted by Gasteiger charge is 2.19. The smallest absolute Gasteiger partial charge is 0.191 e. The van der Waals surface area contributed by atoms with E-state index in [1.54, 1.807) is 7.05 Å². The Morgan fingerprint density at radius 1 is 1.07 bits per heavy atom. The molecular formula is C22H27N5. The fourth-order valence-electron chi connectivity index (χ4n) is 3.35. The number of likely N-dealkylation sites (tertiary alicyclic amines) is 1. The summed E-state index contributed by atoms with van der Waals surface area (Å²) in [6.45, 7) is 3.91. The number of guanidine groups is 1. The van der Waals surface area contributed by atoms with Crippen LogP contribution in [0.2, 0.25) is 0 Å². The first-order valence-corrected chi connectivity index (χ1v) is 9.49. The Hall–Kier alpha value is -2.84. The van der Waals surface area contributed by atoms with E-state index in [2.05, 4.69) is 56.9 Å². The van der Waals surface area contributed by atoms with Gasteiger partial charge in [0, 0.05) is 39.3 Å². The van der Waals surface area contributed by atoms with E-state index in [9.17, 15) is 0 Å². The first kappa shape index (κ1) is 18.9. The molecule has 0 atom stereocenters. The van der Waals surface area contributed by atoms with Gasteiger partial charge in [-0.1, -0.05) is 42.5 Å². The quantitative estimate of drug-likeness (QED) is 0.635. The fourth-order valence-corrected chi connectivity index (χ4v) is 3.35. The first-order chi connectivity index (χ1) is 13.3. The molecule has 0 aromatic heterocycles. The van der Waals surface area contributed by atoms with Gasteiger partial charge in [0.15, 0.2) is 5.96 Å². The van der Waals surface area contributed by atoms with Crippen molar-refractivity contribution in [3.63, 3.8) is 0 Å². The van der Waals surface area contributed by atoms with Gasteiger partial charge >= 0.3 is 0 Å². The second-order valence-corrected chi connectivity index (χ2v) is 6.91. The molecule has 2 aromatic rings. The number of nitrogens with one attached hydrogen (secondary N) is 2. The van der Waals surface area contributed by atoms with Crippen LogP contribution in [-0.4, -0.2) is 37.0 Å². The van der Waals surface area contributed by atoms with Gasteiger partial charge in [-0.15, -0.1) is 0 Å². The third-order valence-electron chi connectivity index (χ3n) is 4.94. The van der Waals surface area contributed by atoms with Crippen molar-refractivity contribution in [1.29, 1.82) is 5.26 Å². The Morgan fingerprint density at radius 3 is 2.41 bits per heavy atom. The number of hydrogen-bond donors (Lipinski definition) is 2. The SMILES string of the molecule is CN=C(NCc1ccc(C#N)cc1)NC1CCN(Cc2ccccc2)CC1. The Bertz CT molecular complexity index is 769. The minimum absolute atomic E-state index is 0.448. The molecule has 1 aliphatic rings.